The van der Waals surface area contributed by atoms with E-state index < -0.39 is 5.97 Å². The van der Waals surface area contributed by atoms with Crippen LogP contribution in [0, 0.1) is 5.92 Å². The Balaban J connectivity index is 2.00. The maximum absolute atomic E-state index is 12.2. The molecule has 0 aliphatic heterocycles. The van der Waals surface area contributed by atoms with Gasteiger partial charge in [-0.05, 0) is 30.9 Å². The van der Waals surface area contributed by atoms with E-state index in [0.717, 1.165) is 19.3 Å². The summed E-state index contributed by atoms with van der Waals surface area (Å²) in [5.41, 5.74) is 0.597. The van der Waals surface area contributed by atoms with Crippen LogP contribution in [0.25, 0.3) is 0 Å². The van der Waals surface area contributed by atoms with E-state index in [2.05, 4.69) is 12.2 Å². The molecule has 2 rings (SSSR count). The number of hydrogen-bond donors (Lipinski definition) is 2. The maximum atomic E-state index is 12.2. The van der Waals surface area contributed by atoms with Crippen LogP contribution in [0.5, 0.6) is 0 Å². The SMILES string of the molecule is CCCC1CC1NC(=O)N(CC(=O)O)c1ccccc1. The van der Waals surface area contributed by atoms with Crippen molar-refractivity contribution < 1.29 is 14.7 Å². The summed E-state index contributed by atoms with van der Waals surface area (Å²) in [6, 6.07) is 8.74. The average Bonchev–Trinajstić information content (AvgIpc) is 3.15. The van der Waals surface area contributed by atoms with Crippen molar-refractivity contribution in [1.29, 1.82) is 0 Å². The van der Waals surface area contributed by atoms with E-state index in [1.165, 1.54) is 4.90 Å². The molecule has 20 heavy (non-hydrogen) atoms. The summed E-state index contributed by atoms with van der Waals surface area (Å²) < 4.78 is 0. The van der Waals surface area contributed by atoms with Gasteiger partial charge in [0, 0.05) is 11.7 Å². The Kier molecular flexibility index (Phi) is 4.61. The van der Waals surface area contributed by atoms with Gasteiger partial charge in [0.15, 0.2) is 0 Å². The van der Waals surface area contributed by atoms with Crippen molar-refractivity contribution in [1.82, 2.24) is 5.32 Å². The molecule has 0 spiro atoms. The third kappa shape index (κ3) is 3.73. The lowest BCUT2D eigenvalue weighted by Gasteiger charge is -2.21. The number of carboxylic acid groups (broad SMARTS) is 1. The Morgan fingerprint density at radius 1 is 1.35 bits per heavy atom. The second-order valence-corrected chi connectivity index (χ2v) is 5.16. The topological polar surface area (TPSA) is 69.6 Å². The third-order valence-corrected chi connectivity index (χ3v) is 3.50. The zero-order valence-corrected chi connectivity index (χ0v) is 11.6. The summed E-state index contributed by atoms with van der Waals surface area (Å²) >= 11 is 0. The first-order chi connectivity index (χ1) is 9.61. The molecule has 2 amide bonds. The predicted octanol–water partition coefficient (Wildman–Crippen LogP) is 2.48. The maximum Gasteiger partial charge on any atom is 0.323 e. The molecule has 2 N–H and O–H groups in total. The molecule has 1 aromatic carbocycles. The Morgan fingerprint density at radius 3 is 2.65 bits per heavy atom. The minimum Gasteiger partial charge on any atom is -0.480 e. The fourth-order valence-corrected chi connectivity index (χ4v) is 2.37. The molecule has 1 fully saturated rings. The molecule has 0 bridgehead atoms. The summed E-state index contributed by atoms with van der Waals surface area (Å²) in [4.78, 5) is 24.4. The molecule has 2 unspecified atom stereocenters. The molecule has 0 heterocycles. The van der Waals surface area contributed by atoms with Gasteiger partial charge in [-0.15, -0.1) is 0 Å². The van der Waals surface area contributed by atoms with E-state index in [0.29, 0.717) is 11.6 Å². The molecular formula is C15H20N2O3. The van der Waals surface area contributed by atoms with E-state index in [-0.39, 0.29) is 18.6 Å². The minimum atomic E-state index is -1.02. The molecule has 5 heteroatoms. The van der Waals surface area contributed by atoms with Crippen LogP contribution in [0.4, 0.5) is 10.5 Å². The lowest BCUT2D eigenvalue weighted by Crippen LogP contribution is -2.44. The van der Waals surface area contributed by atoms with Crippen LogP contribution in [0.1, 0.15) is 26.2 Å². The van der Waals surface area contributed by atoms with Gasteiger partial charge in [0.1, 0.15) is 6.54 Å². The van der Waals surface area contributed by atoms with Crippen LogP contribution in [0.3, 0.4) is 0 Å². The van der Waals surface area contributed by atoms with Gasteiger partial charge >= 0.3 is 12.0 Å². The van der Waals surface area contributed by atoms with Crippen LogP contribution < -0.4 is 10.2 Å². The number of benzene rings is 1. The van der Waals surface area contributed by atoms with Gasteiger partial charge in [0.2, 0.25) is 0 Å². The number of carboxylic acids is 1. The van der Waals surface area contributed by atoms with E-state index in [1.54, 1.807) is 24.3 Å². The Labute approximate surface area is 118 Å². The molecular weight excluding hydrogens is 256 g/mol. The largest absolute Gasteiger partial charge is 0.480 e. The second kappa shape index (κ2) is 6.41. The van der Waals surface area contributed by atoms with Crippen LogP contribution in [0.2, 0.25) is 0 Å². The second-order valence-electron chi connectivity index (χ2n) is 5.16. The van der Waals surface area contributed by atoms with Crippen molar-refractivity contribution >= 4 is 17.7 Å². The van der Waals surface area contributed by atoms with Gasteiger partial charge in [0.05, 0.1) is 0 Å². The van der Waals surface area contributed by atoms with E-state index in [1.807, 2.05) is 6.07 Å². The monoisotopic (exact) mass is 276 g/mol. The number of para-hydroxylation sites is 1. The number of rotatable bonds is 6. The zero-order chi connectivity index (χ0) is 14.5. The van der Waals surface area contributed by atoms with Crippen LogP contribution in [-0.4, -0.2) is 29.7 Å². The number of carbonyl (C=O) groups is 2. The minimum absolute atomic E-state index is 0.197. The summed E-state index contributed by atoms with van der Waals surface area (Å²) in [5, 5.41) is 11.9. The fourth-order valence-electron chi connectivity index (χ4n) is 2.37. The number of anilines is 1. The molecule has 2 atom stereocenters. The lowest BCUT2D eigenvalue weighted by atomic mass is 10.2. The van der Waals surface area contributed by atoms with Gasteiger partial charge < -0.3 is 10.4 Å². The molecule has 1 aliphatic carbocycles. The van der Waals surface area contributed by atoms with Crippen LogP contribution in [-0.2, 0) is 4.79 Å². The third-order valence-electron chi connectivity index (χ3n) is 3.50. The number of hydrogen-bond acceptors (Lipinski definition) is 2. The van der Waals surface area contributed by atoms with Gasteiger partial charge in [-0.25, -0.2) is 4.79 Å². The molecule has 108 valence electrons. The highest BCUT2D eigenvalue weighted by molar-refractivity contribution is 5.96. The smallest absolute Gasteiger partial charge is 0.323 e. The highest BCUT2D eigenvalue weighted by Gasteiger charge is 2.38. The highest BCUT2D eigenvalue weighted by Crippen LogP contribution is 2.34. The van der Waals surface area contributed by atoms with Crippen LogP contribution in [0.15, 0.2) is 30.3 Å². The van der Waals surface area contributed by atoms with Crippen molar-refractivity contribution in [3.8, 4) is 0 Å². The van der Waals surface area contributed by atoms with E-state index in [9.17, 15) is 9.59 Å². The van der Waals surface area contributed by atoms with Crippen molar-refractivity contribution in [2.75, 3.05) is 11.4 Å². The average molecular weight is 276 g/mol. The van der Waals surface area contributed by atoms with Gasteiger partial charge in [-0.3, -0.25) is 9.69 Å². The normalized spacial score (nSPS) is 20.2. The molecule has 1 saturated carbocycles. The molecule has 5 nitrogen and oxygen atoms in total. The first-order valence-corrected chi connectivity index (χ1v) is 6.96. The van der Waals surface area contributed by atoms with Crippen molar-refractivity contribution in [2.45, 2.75) is 32.2 Å². The number of nitrogens with zero attached hydrogens (tertiary/aromatic N) is 1. The lowest BCUT2D eigenvalue weighted by molar-refractivity contribution is -0.135. The number of urea groups is 1. The Hall–Kier alpha value is -2.04. The van der Waals surface area contributed by atoms with Gasteiger partial charge in [-0.2, -0.15) is 0 Å². The number of carbonyl (C=O) groups excluding carboxylic acids is 1. The summed E-state index contributed by atoms with van der Waals surface area (Å²) in [6.07, 6.45) is 3.21. The molecule has 0 radical (unpaired) electrons. The fraction of sp³-hybridized carbons (Fsp3) is 0.467. The molecule has 0 aromatic heterocycles. The van der Waals surface area contributed by atoms with Crippen molar-refractivity contribution in [3.63, 3.8) is 0 Å². The Bertz CT molecular complexity index is 475. The van der Waals surface area contributed by atoms with Crippen LogP contribution >= 0.6 is 0 Å². The standard InChI is InChI=1S/C15H20N2O3/c1-2-6-11-9-13(11)16-15(20)17(10-14(18)19)12-7-4-3-5-8-12/h3-5,7-8,11,13H,2,6,9-10H2,1H3,(H,16,20)(H,18,19). The first-order valence-electron chi connectivity index (χ1n) is 6.96. The number of nitrogens with one attached hydrogen (secondary N) is 1. The van der Waals surface area contributed by atoms with E-state index in [4.69, 9.17) is 5.11 Å². The molecule has 1 aliphatic rings. The molecule has 1 aromatic rings. The zero-order valence-electron chi connectivity index (χ0n) is 11.6. The number of aliphatic carboxylic acids is 1. The van der Waals surface area contributed by atoms with Gasteiger partial charge in [-0.1, -0.05) is 31.5 Å². The Morgan fingerprint density at radius 2 is 2.05 bits per heavy atom. The number of amides is 2. The molecule has 0 saturated heterocycles. The summed E-state index contributed by atoms with van der Waals surface area (Å²) in [6.45, 7) is 1.79. The predicted molar refractivity (Wildman–Crippen MR) is 76.8 cm³/mol. The summed E-state index contributed by atoms with van der Waals surface area (Å²) in [7, 11) is 0. The summed E-state index contributed by atoms with van der Waals surface area (Å²) in [5.74, 6) is -0.476. The van der Waals surface area contributed by atoms with Crippen molar-refractivity contribution in [3.05, 3.63) is 30.3 Å². The highest BCUT2D eigenvalue weighted by atomic mass is 16.4. The quantitative estimate of drug-likeness (QED) is 0.838. The van der Waals surface area contributed by atoms with Gasteiger partial charge in [0.25, 0.3) is 0 Å². The van der Waals surface area contributed by atoms with Crippen molar-refractivity contribution in [2.24, 2.45) is 5.92 Å². The first kappa shape index (κ1) is 14.4. The van der Waals surface area contributed by atoms with E-state index >= 15 is 0 Å².